The van der Waals surface area contributed by atoms with Crippen molar-refractivity contribution in [3.05, 3.63) is 47.9 Å². The van der Waals surface area contributed by atoms with Gasteiger partial charge in [0, 0.05) is 36.5 Å². The van der Waals surface area contributed by atoms with Crippen molar-refractivity contribution in [3.8, 4) is 5.88 Å². The van der Waals surface area contributed by atoms with E-state index in [4.69, 9.17) is 4.74 Å². The first-order valence-electron chi connectivity index (χ1n) is 7.13. The molecule has 0 fully saturated rings. The number of pyridine rings is 1. The highest BCUT2D eigenvalue weighted by Gasteiger charge is 2.09. The average Bonchev–Trinajstić information content (AvgIpc) is 2.47. The van der Waals surface area contributed by atoms with Crippen molar-refractivity contribution >= 4 is 0 Å². The van der Waals surface area contributed by atoms with Crippen molar-refractivity contribution in [2.75, 3.05) is 6.61 Å². The normalized spacial score (nSPS) is 11.4. The molecule has 0 saturated carbocycles. The largest absolute Gasteiger partial charge is 0.476 e. The molecule has 0 unspecified atom stereocenters. The van der Waals surface area contributed by atoms with Crippen LogP contribution in [0.3, 0.4) is 0 Å². The van der Waals surface area contributed by atoms with E-state index in [9.17, 15) is 0 Å². The maximum absolute atomic E-state index is 5.58. The lowest BCUT2D eigenvalue weighted by molar-refractivity contribution is 0.303. The minimum absolute atomic E-state index is 0.0690. The molecule has 2 heterocycles. The highest BCUT2D eigenvalue weighted by molar-refractivity contribution is 5.12. The zero-order chi connectivity index (χ0) is 15.1. The fraction of sp³-hybridized carbons (Fsp3) is 0.438. The summed E-state index contributed by atoms with van der Waals surface area (Å²) < 4.78 is 5.58. The molecule has 0 aliphatic carbocycles. The molecule has 2 aromatic rings. The molecule has 5 nitrogen and oxygen atoms in total. The Labute approximate surface area is 125 Å². The molecule has 0 aliphatic rings. The summed E-state index contributed by atoms with van der Waals surface area (Å²) in [5.74, 6) is 0.547. The number of hydrogen-bond donors (Lipinski definition) is 1. The van der Waals surface area contributed by atoms with Gasteiger partial charge in [-0.15, -0.1) is 5.10 Å². The second-order valence-corrected chi connectivity index (χ2v) is 5.89. The lowest BCUT2D eigenvalue weighted by Crippen LogP contribution is -2.35. The summed E-state index contributed by atoms with van der Waals surface area (Å²) in [6.45, 7) is 7.61. The Hall–Kier alpha value is -2.01. The zero-order valence-electron chi connectivity index (χ0n) is 12.8. The van der Waals surface area contributed by atoms with E-state index in [2.05, 4.69) is 41.3 Å². The van der Waals surface area contributed by atoms with Gasteiger partial charge in [-0.2, -0.15) is 5.10 Å². The molecule has 2 rings (SSSR count). The predicted molar refractivity (Wildman–Crippen MR) is 82.1 cm³/mol. The van der Waals surface area contributed by atoms with Crippen molar-refractivity contribution in [2.24, 2.45) is 0 Å². The van der Waals surface area contributed by atoms with Crippen LogP contribution in [0.2, 0.25) is 0 Å². The van der Waals surface area contributed by atoms with Crippen molar-refractivity contribution in [1.29, 1.82) is 0 Å². The van der Waals surface area contributed by atoms with E-state index in [1.807, 2.05) is 30.3 Å². The van der Waals surface area contributed by atoms with Crippen LogP contribution in [-0.2, 0) is 13.0 Å². The quantitative estimate of drug-likeness (QED) is 0.883. The average molecular weight is 286 g/mol. The Balaban J connectivity index is 1.77. The molecule has 0 bridgehead atoms. The maximum Gasteiger partial charge on any atom is 0.233 e. The van der Waals surface area contributed by atoms with Gasteiger partial charge in [-0.05, 0) is 39.0 Å². The number of hydrogen-bond acceptors (Lipinski definition) is 5. The first kappa shape index (κ1) is 15.4. The van der Waals surface area contributed by atoms with E-state index in [1.54, 1.807) is 6.20 Å². The molecule has 21 heavy (non-hydrogen) atoms. The fourth-order valence-electron chi connectivity index (χ4n) is 1.68. The molecule has 2 aromatic heterocycles. The first-order chi connectivity index (χ1) is 10.0. The predicted octanol–water partition coefficient (Wildman–Crippen LogP) is 2.38. The Morgan fingerprint density at radius 3 is 2.52 bits per heavy atom. The number of aromatic nitrogens is 3. The van der Waals surface area contributed by atoms with Gasteiger partial charge in [-0.3, -0.25) is 4.98 Å². The van der Waals surface area contributed by atoms with E-state index in [-0.39, 0.29) is 5.54 Å². The molecule has 0 atom stereocenters. The van der Waals surface area contributed by atoms with E-state index in [0.29, 0.717) is 19.0 Å². The Morgan fingerprint density at radius 2 is 1.90 bits per heavy atom. The van der Waals surface area contributed by atoms with Gasteiger partial charge in [0.1, 0.15) is 0 Å². The number of nitrogens with one attached hydrogen (secondary N) is 1. The molecule has 0 aromatic carbocycles. The van der Waals surface area contributed by atoms with Crippen LogP contribution in [0.5, 0.6) is 5.88 Å². The minimum atomic E-state index is 0.0690. The smallest absolute Gasteiger partial charge is 0.233 e. The standard InChI is InChI=1S/C16H22N4O/c1-16(2,3)18-12-14-7-8-15(20-19-14)21-11-9-13-6-4-5-10-17-13/h4-8,10,18H,9,11-12H2,1-3H3. The van der Waals surface area contributed by atoms with Gasteiger partial charge in [0.2, 0.25) is 5.88 Å². The summed E-state index contributed by atoms with van der Waals surface area (Å²) in [5, 5.41) is 11.6. The summed E-state index contributed by atoms with van der Waals surface area (Å²) in [6, 6.07) is 9.64. The van der Waals surface area contributed by atoms with Crippen LogP contribution in [0.1, 0.15) is 32.2 Å². The van der Waals surface area contributed by atoms with Gasteiger partial charge in [-0.25, -0.2) is 0 Å². The third kappa shape index (κ3) is 5.87. The Kier molecular flexibility index (Phi) is 5.22. The third-order valence-electron chi connectivity index (χ3n) is 2.83. The number of ether oxygens (including phenoxy) is 1. The summed E-state index contributed by atoms with van der Waals surface area (Å²) in [7, 11) is 0. The molecule has 1 N–H and O–H groups in total. The van der Waals surface area contributed by atoms with Gasteiger partial charge < -0.3 is 10.1 Å². The molecule has 0 spiro atoms. The van der Waals surface area contributed by atoms with Gasteiger partial charge >= 0.3 is 0 Å². The minimum Gasteiger partial charge on any atom is -0.476 e. The van der Waals surface area contributed by atoms with Gasteiger partial charge in [0.05, 0.1) is 12.3 Å². The van der Waals surface area contributed by atoms with E-state index in [1.165, 1.54) is 0 Å². The summed E-state index contributed by atoms with van der Waals surface area (Å²) >= 11 is 0. The Morgan fingerprint density at radius 1 is 1.05 bits per heavy atom. The van der Waals surface area contributed by atoms with Crippen LogP contribution < -0.4 is 10.1 Å². The van der Waals surface area contributed by atoms with Gasteiger partial charge in [-0.1, -0.05) is 6.07 Å². The highest BCUT2D eigenvalue weighted by atomic mass is 16.5. The first-order valence-corrected chi connectivity index (χ1v) is 7.13. The van der Waals surface area contributed by atoms with Gasteiger partial charge in [0.25, 0.3) is 0 Å². The SMILES string of the molecule is CC(C)(C)NCc1ccc(OCCc2ccccn2)nn1. The molecule has 0 aliphatic heterocycles. The van der Waals surface area contributed by atoms with Gasteiger partial charge in [0.15, 0.2) is 0 Å². The molecule has 5 heteroatoms. The van der Waals surface area contributed by atoms with Crippen LogP contribution >= 0.6 is 0 Å². The molecule has 112 valence electrons. The van der Waals surface area contributed by atoms with Crippen molar-refractivity contribution in [3.63, 3.8) is 0 Å². The van der Waals surface area contributed by atoms with Crippen molar-refractivity contribution in [1.82, 2.24) is 20.5 Å². The number of nitrogens with zero attached hydrogens (tertiary/aromatic N) is 3. The second-order valence-electron chi connectivity index (χ2n) is 5.89. The van der Waals surface area contributed by atoms with Crippen LogP contribution in [0.4, 0.5) is 0 Å². The van der Waals surface area contributed by atoms with Crippen LogP contribution in [0.25, 0.3) is 0 Å². The molecule has 0 amide bonds. The van der Waals surface area contributed by atoms with Crippen LogP contribution in [0, 0.1) is 0 Å². The monoisotopic (exact) mass is 286 g/mol. The molecular weight excluding hydrogens is 264 g/mol. The molecular formula is C16H22N4O. The summed E-state index contributed by atoms with van der Waals surface area (Å²) in [4.78, 5) is 4.25. The van der Waals surface area contributed by atoms with Crippen molar-refractivity contribution in [2.45, 2.75) is 39.3 Å². The Bertz CT molecular complexity index is 534. The topological polar surface area (TPSA) is 59.9 Å². The second kappa shape index (κ2) is 7.13. The van der Waals surface area contributed by atoms with Crippen molar-refractivity contribution < 1.29 is 4.74 Å². The van der Waals surface area contributed by atoms with E-state index in [0.717, 1.165) is 17.8 Å². The maximum atomic E-state index is 5.58. The summed E-state index contributed by atoms with van der Waals surface area (Å²) in [6.07, 6.45) is 2.54. The highest BCUT2D eigenvalue weighted by Crippen LogP contribution is 2.07. The summed E-state index contributed by atoms with van der Waals surface area (Å²) in [5.41, 5.74) is 1.98. The molecule has 0 saturated heterocycles. The van der Waals surface area contributed by atoms with E-state index < -0.39 is 0 Å². The fourth-order valence-corrected chi connectivity index (χ4v) is 1.68. The molecule has 0 radical (unpaired) electrons. The lowest BCUT2D eigenvalue weighted by atomic mass is 10.1. The third-order valence-corrected chi connectivity index (χ3v) is 2.83. The lowest BCUT2D eigenvalue weighted by Gasteiger charge is -2.19. The van der Waals surface area contributed by atoms with Crippen LogP contribution in [-0.4, -0.2) is 27.3 Å². The van der Waals surface area contributed by atoms with Crippen LogP contribution in [0.15, 0.2) is 36.5 Å². The van der Waals surface area contributed by atoms with E-state index >= 15 is 0 Å². The zero-order valence-corrected chi connectivity index (χ0v) is 12.8. The number of rotatable bonds is 6.